The van der Waals surface area contributed by atoms with Crippen molar-refractivity contribution in [2.45, 2.75) is 26.4 Å². The Morgan fingerprint density at radius 3 is 2.72 bits per heavy atom. The van der Waals surface area contributed by atoms with Gasteiger partial charge in [-0.2, -0.15) is 13.2 Å². The molecule has 0 aromatic rings. The second kappa shape index (κ2) is 6.27. The van der Waals surface area contributed by atoms with E-state index in [4.69, 9.17) is 4.74 Å². The van der Waals surface area contributed by atoms with Crippen molar-refractivity contribution in [3.8, 4) is 0 Å². The molecule has 0 aromatic heterocycles. The van der Waals surface area contributed by atoms with Gasteiger partial charge in [0.05, 0.1) is 12.2 Å². The van der Waals surface area contributed by atoms with Crippen LogP contribution in [0.1, 0.15) is 20.3 Å². The van der Waals surface area contributed by atoms with Crippen molar-refractivity contribution in [1.29, 1.82) is 0 Å². The summed E-state index contributed by atoms with van der Waals surface area (Å²) in [6.45, 7) is 9.08. The van der Waals surface area contributed by atoms with Crippen LogP contribution in [0.2, 0.25) is 0 Å². The van der Waals surface area contributed by atoms with Gasteiger partial charge in [-0.25, -0.2) is 0 Å². The third kappa shape index (κ3) is 3.77. The molecule has 1 unspecified atom stereocenters. The number of allylic oxidation sites excluding steroid dienone is 3. The van der Waals surface area contributed by atoms with Crippen LogP contribution in [0.5, 0.6) is 0 Å². The van der Waals surface area contributed by atoms with Crippen molar-refractivity contribution >= 4 is 0 Å². The first-order valence-electron chi connectivity index (χ1n) is 6.16. The van der Waals surface area contributed by atoms with E-state index in [-0.39, 0.29) is 17.6 Å². The van der Waals surface area contributed by atoms with Crippen molar-refractivity contribution in [2.75, 3.05) is 19.7 Å². The summed E-state index contributed by atoms with van der Waals surface area (Å²) in [6, 6.07) is 0. The molecule has 1 rings (SSSR count). The molecule has 2 atom stereocenters. The van der Waals surface area contributed by atoms with Crippen molar-refractivity contribution in [2.24, 2.45) is 11.8 Å². The van der Waals surface area contributed by atoms with Crippen LogP contribution in [-0.4, -0.2) is 25.9 Å². The molecule has 2 nitrogen and oxygen atoms in total. The molecule has 0 radical (unpaired) electrons. The molecular weight excluding hydrogens is 243 g/mol. The Hall–Kier alpha value is -0.970. The lowest BCUT2D eigenvalue weighted by atomic mass is 9.87. The first-order chi connectivity index (χ1) is 8.40. The first kappa shape index (κ1) is 15.1. The molecular formula is C13H20F3NO. The fourth-order valence-corrected chi connectivity index (χ4v) is 2.04. The monoisotopic (exact) mass is 263 g/mol. The predicted octanol–water partition coefficient (Wildman–Crippen LogP) is 3.27. The fourth-order valence-electron chi connectivity index (χ4n) is 2.04. The lowest BCUT2D eigenvalue weighted by Crippen LogP contribution is -2.34. The number of rotatable bonds is 4. The minimum absolute atomic E-state index is 0.0264. The fraction of sp³-hybridized carbons (Fsp3) is 0.692. The van der Waals surface area contributed by atoms with Gasteiger partial charge in [-0.1, -0.05) is 26.5 Å². The van der Waals surface area contributed by atoms with Crippen LogP contribution in [-0.2, 0) is 4.74 Å². The summed E-state index contributed by atoms with van der Waals surface area (Å²) >= 11 is 0. The number of halogens is 3. The van der Waals surface area contributed by atoms with Gasteiger partial charge in [0.2, 0.25) is 0 Å². The van der Waals surface area contributed by atoms with Crippen LogP contribution in [0.15, 0.2) is 24.0 Å². The summed E-state index contributed by atoms with van der Waals surface area (Å²) in [7, 11) is 0. The van der Waals surface area contributed by atoms with E-state index in [9.17, 15) is 13.2 Å². The van der Waals surface area contributed by atoms with Gasteiger partial charge >= 0.3 is 6.18 Å². The Morgan fingerprint density at radius 1 is 1.56 bits per heavy atom. The maximum absolute atomic E-state index is 12.8. The van der Waals surface area contributed by atoms with E-state index in [2.05, 4.69) is 11.9 Å². The zero-order valence-electron chi connectivity index (χ0n) is 10.8. The van der Waals surface area contributed by atoms with Crippen molar-refractivity contribution < 1.29 is 17.9 Å². The van der Waals surface area contributed by atoms with Gasteiger partial charge in [0.25, 0.3) is 0 Å². The molecule has 0 amide bonds. The van der Waals surface area contributed by atoms with Crippen molar-refractivity contribution in [3.63, 3.8) is 0 Å². The van der Waals surface area contributed by atoms with Crippen LogP contribution >= 0.6 is 0 Å². The highest BCUT2D eigenvalue weighted by atomic mass is 19.4. The lowest BCUT2D eigenvalue weighted by molar-refractivity contribution is -0.0938. The Balaban J connectivity index is 2.85. The standard InChI is InChI=1S/C13H20F3NO/c1-4-11(13(14,15)16)12-6-10(7-17-5-2)9(3)8-18-12/h4,9-10,17H,1,5-8H2,2-3H3/b12-11-/t9?,10-/m1/s1. The van der Waals surface area contributed by atoms with Gasteiger partial charge in [0, 0.05) is 6.42 Å². The molecule has 104 valence electrons. The summed E-state index contributed by atoms with van der Waals surface area (Å²) in [5.41, 5.74) is -0.740. The van der Waals surface area contributed by atoms with Crippen LogP contribution in [0.3, 0.4) is 0 Å². The topological polar surface area (TPSA) is 21.3 Å². The van der Waals surface area contributed by atoms with E-state index in [1.165, 1.54) is 0 Å². The van der Waals surface area contributed by atoms with Crippen LogP contribution in [0.25, 0.3) is 0 Å². The molecule has 1 saturated heterocycles. The normalized spacial score (nSPS) is 27.6. The number of nitrogens with one attached hydrogen (secondary N) is 1. The number of ether oxygens (including phenoxy) is 1. The molecule has 5 heteroatoms. The Bertz CT molecular complexity index is 323. The maximum atomic E-state index is 12.8. The van der Waals surface area contributed by atoms with Gasteiger partial charge in [-0.05, 0) is 24.9 Å². The molecule has 0 saturated carbocycles. The molecule has 18 heavy (non-hydrogen) atoms. The van der Waals surface area contributed by atoms with Gasteiger partial charge in [-0.15, -0.1) is 0 Å². The minimum Gasteiger partial charge on any atom is -0.497 e. The summed E-state index contributed by atoms with van der Waals surface area (Å²) in [5, 5.41) is 3.18. The smallest absolute Gasteiger partial charge is 0.419 e. The van der Waals surface area contributed by atoms with Crippen LogP contribution in [0.4, 0.5) is 13.2 Å². The Kier molecular flexibility index (Phi) is 5.26. The van der Waals surface area contributed by atoms with E-state index in [1.807, 2.05) is 13.8 Å². The summed E-state index contributed by atoms with van der Waals surface area (Å²) in [5.74, 6) is 0.455. The average molecular weight is 263 g/mol. The first-order valence-corrected chi connectivity index (χ1v) is 6.16. The molecule has 1 aliphatic rings. The summed E-state index contributed by atoms with van der Waals surface area (Å²) < 4.78 is 43.5. The number of hydrogen-bond acceptors (Lipinski definition) is 2. The lowest BCUT2D eigenvalue weighted by Gasteiger charge is -2.32. The molecule has 0 aliphatic carbocycles. The summed E-state index contributed by atoms with van der Waals surface area (Å²) in [4.78, 5) is 0. The quantitative estimate of drug-likeness (QED) is 0.840. The average Bonchev–Trinajstić information content (AvgIpc) is 2.28. The third-order valence-corrected chi connectivity index (χ3v) is 3.24. The molecule has 0 aromatic carbocycles. The Morgan fingerprint density at radius 2 is 2.22 bits per heavy atom. The number of alkyl halides is 3. The zero-order valence-corrected chi connectivity index (χ0v) is 10.8. The van der Waals surface area contributed by atoms with Crippen LogP contribution < -0.4 is 5.32 Å². The second-order valence-corrected chi connectivity index (χ2v) is 4.60. The summed E-state index contributed by atoms with van der Waals surface area (Å²) in [6.07, 6.45) is -3.23. The highest BCUT2D eigenvalue weighted by Gasteiger charge is 2.37. The van der Waals surface area contributed by atoms with Crippen molar-refractivity contribution in [3.05, 3.63) is 24.0 Å². The van der Waals surface area contributed by atoms with E-state index in [1.54, 1.807) is 0 Å². The molecule has 1 fully saturated rings. The van der Waals surface area contributed by atoms with E-state index < -0.39 is 11.7 Å². The second-order valence-electron chi connectivity index (χ2n) is 4.60. The number of hydrogen-bond donors (Lipinski definition) is 1. The maximum Gasteiger partial charge on any atom is 0.419 e. The molecule has 0 bridgehead atoms. The minimum atomic E-state index is -4.39. The van der Waals surface area contributed by atoms with Gasteiger partial charge in [0.15, 0.2) is 0 Å². The van der Waals surface area contributed by atoms with E-state index >= 15 is 0 Å². The molecule has 1 heterocycles. The van der Waals surface area contributed by atoms with E-state index in [0.717, 1.165) is 12.6 Å². The molecule has 1 N–H and O–H groups in total. The third-order valence-electron chi connectivity index (χ3n) is 3.24. The van der Waals surface area contributed by atoms with Gasteiger partial charge < -0.3 is 10.1 Å². The molecule has 0 spiro atoms. The Labute approximate surface area is 106 Å². The molecule has 1 aliphatic heterocycles. The highest BCUT2D eigenvalue weighted by molar-refractivity contribution is 5.26. The predicted molar refractivity (Wildman–Crippen MR) is 65.0 cm³/mol. The SMILES string of the molecule is C=C/C(=C1\C[C@H](CNCC)C(C)CO1)C(F)(F)F. The van der Waals surface area contributed by atoms with Crippen molar-refractivity contribution in [1.82, 2.24) is 5.32 Å². The van der Waals surface area contributed by atoms with Crippen LogP contribution in [0, 0.1) is 11.8 Å². The van der Waals surface area contributed by atoms with Gasteiger partial charge in [-0.3, -0.25) is 0 Å². The van der Waals surface area contributed by atoms with E-state index in [0.29, 0.717) is 19.6 Å². The highest BCUT2D eigenvalue weighted by Crippen LogP contribution is 2.36. The largest absolute Gasteiger partial charge is 0.497 e. The zero-order chi connectivity index (χ0) is 13.8. The van der Waals surface area contributed by atoms with Gasteiger partial charge in [0.1, 0.15) is 5.76 Å².